The molecule has 170 valence electrons. The van der Waals surface area contributed by atoms with Crippen LogP contribution in [0.1, 0.15) is 11.4 Å². The number of nitrogens with zero attached hydrogens (tertiary/aromatic N) is 2. The van der Waals surface area contributed by atoms with Gasteiger partial charge in [0, 0.05) is 0 Å². The van der Waals surface area contributed by atoms with Crippen molar-refractivity contribution in [3.8, 4) is 22.6 Å². The third-order valence-electron chi connectivity index (χ3n) is 4.72. The smallest absolute Gasteiger partial charge is 0.435 e. The molecule has 0 aliphatic rings. The highest BCUT2D eigenvalue weighted by molar-refractivity contribution is 6.37. The van der Waals surface area contributed by atoms with E-state index in [1.165, 1.54) is 24.3 Å². The number of ether oxygens (including phenoxy) is 1. The average Bonchev–Trinajstić information content (AvgIpc) is 3.19. The van der Waals surface area contributed by atoms with E-state index in [0.29, 0.717) is 11.3 Å². The predicted octanol–water partition coefficient (Wildman–Crippen LogP) is 8.24. The van der Waals surface area contributed by atoms with Crippen molar-refractivity contribution in [1.29, 1.82) is 0 Å². The van der Waals surface area contributed by atoms with Crippen LogP contribution in [-0.4, -0.2) is 9.78 Å². The van der Waals surface area contributed by atoms with Crippen LogP contribution in [0.5, 0.6) is 5.75 Å². The van der Waals surface area contributed by atoms with Gasteiger partial charge in [-0.05, 0) is 53.6 Å². The second kappa shape index (κ2) is 9.25. The van der Waals surface area contributed by atoms with Gasteiger partial charge in [0.25, 0.3) is 0 Å². The Kier molecular flexibility index (Phi) is 6.56. The van der Waals surface area contributed by atoms with Crippen molar-refractivity contribution in [3.63, 3.8) is 0 Å². The quantitative estimate of drug-likeness (QED) is 0.250. The third kappa shape index (κ3) is 5.11. The lowest BCUT2D eigenvalue weighted by Crippen LogP contribution is -2.09. The molecule has 1 aromatic heterocycles. The van der Waals surface area contributed by atoms with Crippen molar-refractivity contribution < 1.29 is 22.3 Å². The largest absolute Gasteiger partial charge is 0.487 e. The summed E-state index contributed by atoms with van der Waals surface area (Å²) in [6, 6.07) is 16.5. The van der Waals surface area contributed by atoms with Gasteiger partial charge in [-0.1, -0.05) is 59.1 Å². The Morgan fingerprint density at radius 2 is 1.45 bits per heavy atom. The van der Waals surface area contributed by atoms with Gasteiger partial charge in [0.2, 0.25) is 0 Å². The summed E-state index contributed by atoms with van der Waals surface area (Å²) in [5, 5.41) is 3.94. The molecule has 0 N–H and O–H groups in total. The van der Waals surface area contributed by atoms with E-state index < -0.39 is 17.7 Å². The fourth-order valence-corrected chi connectivity index (χ4v) is 3.86. The van der Waals surface area contributed by atoms with Gasteiger partial charge >= 0.3 is 6.18 Å². The van der Waals surface area contributed by atoms with Gasteiger partial charge in [-0.2, -0.15) is 18.3 Å². The number of para-hydroxylation sites is 1. The molecule has 0 spiro atoms. The maximum Gasteiger partial charge on any atom is 0.435 e. The standard InChI is InChI=1S/C23H13Cl3F4N2O/c24-17-2-1-3-18(25)22(17)32-15(11-21(31-32)23(28,29)30)12-33-16-7-4-13(5-8-16)14-6-9-20(27)19(26)10-14/h1-11H,12H2. The topological polar surface area (TPSA) is 27.1 Å². The van der Waals surface area contributed by atoms with Gasteiger partial charge < -0.3 is 4.74 Å². The Morgan fingerprint density at radius 3 is 2.06 bits per heavy atom. The number of hydrogen-bond donors (Lipinski definition) is 0. The summed E-state index contributed by atoms with van der Waals surface area (Å²) >= 11 is 18.2. The summed E-state index contributed by atoms with van der Waals surface area (Å²) in [6.07, 6.45) is -4.66. The first-order valence-electron chi connectivity index (χ1n) is 9.42. The van der Waals surface area contributed by atoms with Crippen molar-refractivity contribution in [2.75, 3.05) is 0 Å². The molecule has 0 saturated carbocycles. The molecule has 4 aromatic rings. The minimum Gasteiger partial charge on any atom is -0.487 e. The summed E-state index contributed by atoms with van der Waals surface area (Å²) in [5.74, 6) is -0.118. The van der Waals surface area contributed by atoms with Crippen molar-refractivity contribution in [3.05, 3.63) is 99.0 Å². The zero-order valence-electron chi connectivity index (χ0n) is 16.5. The molecule has 0 atom stereocenters. The molecule has 33 heavy (non-hydrogen) atoms. The van der Waals surface area contributed by atoms with E-state index in [2.05, 4.69) is 5.10 Å². The molecule has 0 radical (unpaired) electrons. The van der Waals surface area contributed by atoms with Crippen molar-refractivity contribution in [2.24, 2.45) is 0 Å². The molecular formula is C23H13Cl3F4N2O. The van der Waals surface area contributed by atoms with E-state index in [0.717, 1.165) is 16.3 Å². The van der Waals surface area contributed by atoms with Gasteiger partial charge in [0.05, 0.1) is 20.8 Å². The maximum absolute atomic E-state index is 13.4. The highest BCUT2D eigenvalue weighted by Gasteiger charge is 2.35. The summed E-state index contributed by atoms with van der Waals surface area (Å²) in [7, 11) is 0. The number of hydrogen-bond acceptors (Lipinski definition) is 2. The zero-order chi connectivity index (χ0) is 23.8. The average molecular weight is 516 g/mol. The van der Waals surface area contributed by atoms with Crippen LogP contribution in [0.4, 0.5) is 17.6 Å². The lowest BCUT2D eigenvalue weighted by Gasteiger charge is -2.12. The first kappa shape index (κ1) is 23.4. The number of alkyl halides is 3. The maximum atomic E-state index is 13.4. The fraction of sp³-hybridized carbons (Fsp3) is 0.0870. The first-order valence-corrected chi connectivity index (χ1v) is 10.6. The highest BCUT2D eigenvalue weighted by Crippen LogP contribution is 2.34. The summed E-state index contributed by atoms with van der Waals surface area (Å²) in [5.41, 5.74) is 0.594. The van der Waals surface area contributed by atoms with Crippen LogP contribution in [0.15, 0.2) is 66.7 Å². The Bertz CT molecular complexity index is 1280. The predicted molar refractivity (Wildman–Crippen MR) is 120 cm³/mol. The third-order valence-corrected chi connectivity index (χ3v) is 5.62. The molecule has 0 amide bonds. The van der Waals surface area contributed by atoms with Gasteiger partial charge in [-0.15, -0.1) is 0 Å². The Morgan fingerprint density at radius 1 is 0.818 bits per heavy atom. The van der Waals surface area contributed by atoms with E-state index in [1.807, 2.05) is 0 Å². The van der Waals surface area contributed by atoms with E-state index >= 15 is 0 Å². The Labute approximate surface area is 201 Å². The molecule has 0 fully saturated rings. The van der Waals surface area contributed by atoms with Crippen LogP contribution in [0.3, 0.4) is 0 Å². The minimum absolute atomic E-state index is 0.000194. The molecule has 0 unspecified atom stereocenters. The second-order valence-electron chi connectivity index (χ2n) is 6.94. The summed E-state index contributed by atoms with van der Waals surface area (Å²) < 4.78 is 60.0. The fourth-order valence-electron chi connectivity index (χ4n) is 3.12. The van der Waals surface area contributed by atoms with E-state index in [1.54, 1.807) is 36.4 Å². The van der Waals surface area contributed by atoms with Crippen LogP contribution in [0.2, 0.25) is 15.1 Å². The molecular weight excluding hydrogens is 503 g/mol. The van der Waals surface area contributed by atoms with Crippen molar-refractivity contribution in [1.82, 2.24) is 9.78 Å². The number of rotatable bonds is 5. The number of benzene rings is 3. The van der Waals surface area contributed by atoms with E-state index in [-0.39, 0.29) is 33.1 Å². The molecule has 0 aliphatic carbocycles. The van der Waals surface area contributed by atoms with Gasteiger partial charge in [-0.25, -0.2) is 9.07 Å². The van der Waals surface area contributed by atoms with Crippen LogP contribution in [0, 0.1) is 5.82 Å². The summed E-state index contributed by atoms with van der Waals surface area (Å²) in [4.78, 5) is 0. The van der Waals surface area contributed by atoms with Crippen LogP contribution in [0.25, 0.3) is 16.8 Å². The van der Waals surface area contributed by atoms with Crippen molar-refractivity contribution in [2.45, 2.75) is 12.8 Å². The normalized spacial score (nSPS) is 11.6. The zero-order valence-corrected chi connectivity index (χ0v) is 18.8. The molecule has 10 heteroatoms. The molecule has 0 aliphatic heterocycles. The lowest BCUT2D eigenvalue weighted by atomic mass is 10.1. The Hall–Kier alpha value is -2.74. The van der Waals surface area contributed by atoms with E-state index in [9.17, 15) is 17.6 Å². The number of halogens is 7. The first-order chi connectivity index (χ1) is 15.6. The highest BCUT2D eigenvalue weighted by atomic mass is 35.5. The summed E-state index contributed by atoms with van der Waals surface area (Å²) in [6.45, 7) is -0.230. The molecule has 3 aromatic carbocycles. The molecule has 1 heterocycles. The molecule has 4 rings (SSSR count). The van der Waals surface area contributed by atoms with Gasteiger partial charge in [-0.3, -0.25) is 0 Å². The SMILES string of the molecule is Fc1ccc(-c2ccc(OCc3cc(C(F)(F)F)nn3-c3c(Cl)cccc3Cl)cc2)cc1Cl. The monoisotopic (exact) mass is 514 g/mol. The van der Waals surface area contributed by atoms with Crippen molar-refractivity contribution >= 4 is 34.8 Å². The lowest BCUT2D eigenvalue weighted by molar-refractivity contribution is -0.141. The Balaban J connectivity index is 1.60. The van der Waals surface area contributed by atoms with Crippen LogP contribution >= 0.6 is 34.8 Å². The van der Waals surface area contributed by atoms with Crippen LogP contribution < -0.4 is 4.74 Å². The molecule has 0 saturated heterocycles. The van der Waals surface area contributed by atoms with E-state index in [4.69, 9.17) is 39.5 Å². The van der Waals surface area contributed by atoms with Gasteiger partial charge in [0.1, 0.15) is 23.9 Å². The number of aromatic nitrogens is 2. The van der Waals surface area contributed by atoms with Crippen LogP contribution in [-0.2, 0) is 12.8 Å². The molecule has 0 bridgehead atoms. The second-order valence-corrected chi connectivity index (χ2v) is 8.16. The minimum atomic E-state index is -4.66. The molecule has 3 nitrogen and oxygen atoms in total. The van der Waals surface area contributed by atoms with Gasteiger partial charge in [0.15, 0.2) is 5.69 Å².